The number of Topliss-reactive ketones (excluding diaryl/α,β-unsaturated/α-hetero) is 1. The number of carbonyl (C=O) groups is 2. The molecular formula is C18H19NO2S. The second-order valence-electron chi connectivity index (χ2n) is 5.99. The Morgan fingerprint density at radius 3 is 2.91 bits per heavy atom. The monoisotopic (exact) mass is 313 g/mol. The Labute approximate surface area is 134 Å². The van der Waals surface area contributed by atoms with Crippen LogP contribution in [0.15, 0.2) is 29.6 Å². The van der Waals surface area contributed by atoms with Crippen LogP contribution in [0, 0.1) is 5.92 Å². The van der Waals surface area contributed by atoms with Gasteiger partial charge in [0, 0.05) is 21.5 Å². The number of anilines is 1. The maximum absolute atomic E-state index is 12.5. The summed E-state index contributed by atoms with van der Waals surface area (Å²) in [4.78, 5) is 25.3. The van der Waals surface area contributed by atoms with E-state index in [9.17, 15) is 9.59 Å². The van der Waals surface area contributed by atoms with Crippen molar-refractivity contribution < 1.29 is 9.59 Å². The van der Waals surface area contributed by atoms with Gasteiger partial charge in [0.2, 0.25) is 0 Å². The molecule has 1 aromatic heterocycles. The number of amides is 1. The van der Waals surface area contributed by atoms with E-state index in [1.165, 1.54) is 17.4 Å². The molecule has 2 aromatic rings. The first kappa shape index (κ1) is 15.0. The van der Waals surface area contributed by atoms with E-state index >= 15 is 0 Å². The summed E-state index contributed by atoms with van der Waals surface area (Å²) in [6.07, 6.45) is 3.20. The highest BCUT2D eigenvalue weighted by Crippen LogP contribution is 2.33. The predicted octanol–water partition coefficient (Wildman–Crippen LogP) is 4.33. The topological polar surface area (TPSA) is 46.2 Å². The number of rotatable bonds is 3. The van der Waals surface area contributed by atoms with Crippen molar-refractivity contribution in [1.82, 2.24) is 0 Å². The van der Waals surface area contributed by atoms with Crippen molar-refractivity contribution in [2.75, 3.05) is 5.32 Å². The highest BCUT2D eigenvalue weighted by molar-refractivity contribution is 7.10. The van der Waals surface area contributed by atoms with Crippen molar-refractivity contribution >= 4 is 28.7 Å². The van der Waals surface area contributed by atoms with Crippen LogP contribution in [0.2, 0.25) is 0 Å². The second kappa shape index (κ2) is 6.05. The molecule has 0 radical (unpaired) electrons. The average Bonchev–Trinajstić information content (AvgIpc) is 2.90. The van der Waals surface area contributed by atoms with Crippen LogP contribution >= 0.6 is 11.3 Å². The van der Waals surface area contributed by atoms with Crippen molar-refractivity contribution in [2.24, 2.45) is 5.92 Å². The van der Waals surface area contributed by atoms with Gasteiger partial charge in [-0.25, -0.2) is 0 Å². The first-order chi connectivity index (χ1) is 10.5. The minimum absolute atomic E-state index is 0.00185. The zero-order chi connectivity index (χ0) is 15.7. The van der Waals surface area contributed by atoms with E-state index in [-0.39, 0.29) is 11.7 Å². The van der Waals surface area contributed by atoms with Crippen LogP contribution in [-0.2, 0) is 12.8 Å². The lowest BCUT2D eigenvalue weighted by molar-refractivity contribution is 0.101. The van der Waals surface area contributed by atoms with E-state index in [1.807, 2.05) is 11.4 Å². The third-order valence-electron chi connectivity index (χ3n) is 4.17. The number of hydrogen-bond donors (Lipinski definition) is 1. The summed E-state index contributed by atoms with van der Waals surface area (Å²) in [7, 11) is 0. The number of thiophene rings is 1. The molecule has 3 nitrogen and oxygen atoms in total. The molecule has 0 spiro atoms. The summed E-state index contributed by atoms with van der Waals surface area (Å²) in [6, 6.07) is 7.08. The summed E-state index contributed by atoms with van der Waals surface area (Å²) in [5.74, 6) is 0.625. The van der Waals surface area contributed by atoms with Gasteiger partial charge >= 0.3 is 0 Å². The summed E-state index contributed by atoms with van der Waals surface area (Å²) < 4.78 is 0. The highest BCUT2D eigenvalue weighted by Gasteiger charge is 2.23. The lowest BCUT2D eigenvalue weighted by Crippen LogP contribution is -2.16. The number of hydrogen-bond acceptors (Lipinski definition) is 3. The quantitative estimate of drug-likeness (QED) is 0.857. The van der Waals surface area contributed by atoms with Crippen molar-refractivity contribution in [3.8, 4) is 0 Å². The van der Waals surface area contributed by atoms with Crippen LogP contribution in [0.4, 0.5) is 5.69 Å². The van der Waals surface area contributed by atoms with E-state index in [2.05, 4.69) is 12.2 Å². The average molecular weight is 313 g/mol. The molecule has 0 bridgehead atoms. The van der Waals surface area contributed by atoms with E-state index in [1.54, 1.807) is 29.5 Å². The number of benzene rings is 1. The number of fused-ring (bicyclic) bond motifs is 1. The van der Waals surface area contributed by atoms with E-state index < -0.39 is 0 Å². The van der Waals surface area contributed by atoms with Gasteiger partial charge in [0.05, 0.1) is 5.56 Å². The predicted molar refractivity (Wildman–Crippen MR) is 89.9 cm³/mol. The van der Waals surface area contributed by atoms with Gasteiger partial charge in [-0.1, -0.05) is 19.1 Å². The first-order valence-corrected chi connectivity index (χ1v) is 8.44. The van der Waals surface area contributed by atoms with Gasteiger partial charge in [0.25, 0.3) is 5.91 Å². The number of ketones is 1. The Bertz CT molecular complexity index is 732. The highest BCUT2D eigenvalue weighted by atomic mass is 32.1. The smallest absolute Gasteiger partial charge is 0.256 e. The zero-order valence-corrected chi connectivity index (χ0v) is 13.6. The van der Waals surface area contributed by atoms with Crippen LogP contribution in [0.25, 0.3) is 0 Å². The molecule has 0 fully saturated rings. The number of carbonyl (C=O) groups excluding carboxylic acids is 2. The van der Waals surface area contributed by atoms with Crippen molar-refractivity contribution in [3.05, 3.63) is 51.2 Å². The molecule has 1 atom stereocenters. The summed E-state index contributed by atoms with van der Waals surface area (Å²) in [6.45, 7) is 3.78. The van der Waals surface area contributed by atoms with Gasteiger partial charge < -0.3 is 5.32 Å². The fourth-order valence-electron chi connectivity index (χ4n) is 2.88. The van der Waals surface area contributed by atoms with Crippen LogP contribution in [-0.4, -0.2) is 11.7 Å². The molecule has 3 rings (SSSR count). The second-order valence-corrected chi connectivity index (χ2v) is 6.95. The molecule has 1 heterocycles. The SMILES string of the molecule is CC(=O)c1cccc(NC(=O)c2csc3c2CC[C@H](C)C3)c1. The van der Waals surface area contributed by atoms with E-state index in [0.717, 1.165) is 24.8 Å². The molecule has 22 heavy (non-hydrogen) atoms. The Morgan fingerprint density at radius 1 is 1.32 bits per heavy atom. The molecule has 1 aliphatic rings. The molecule has 1 aliphatic carbocycles. The molecule has 0 aliphatic heterocycles. The molecule has 4 heteroatoms. The van der Waals surface area contributed by atoms with Crippen LogP contribution < -0.4 is 5.32 Å². The maximum atomic E-state index is 12.5. The Balaban J connectivity index is 1.81. The molecule has 1 N–H and O–H groups in total. The standard InChI is InChI=1S/C18H19NO2S/c1-11-6-7-15-16(10-22-17(15)8-11)18(21)19-14-5-3-4-13(9-14)12(2)20/h3-5,9-11H,6-8H2,1-2H3,(H,19,21)/t11-/m0/s1. The van der Waals surface area contributed by atoms with Crippen LogP contribution in [0.1, 0.15) is 51.4 Å². The maximum Gasteiger partial charge on any atom is 0.256 e. The molecule has 1 amide bonds. The third kappa shape index (κ3) is 2.97. The summed E-state index contributed by atoms with van der Waals surface area (Å²) >= 11 is 1.69. The summed E-state index contributed by atoms with van der Waals surface area (Å²) in [5.41, 5.74) is 3.28. The normalized spacial score (nSPS) is 16.9. The Morgan fingerprint density at radius 2 is 2.14 bits per heavy atom. The van der Waals surface area contributed by atoms with Crippen molar-refractivity contribution in [3.63, 3.8) is 0 Å². The van der Waals surface area contributed by atoms with Gasteiger partial charge in [0.15, 0.2) is 5.78 Å². The molecule has 0 saturated carbocycles. The van der Waals surface area contributed by atoms with Crippen LogP contribution in [0.5, 0.6) is 0 Å². The number of nitrogens with one attached hydrogen (secondary N) is 1. The van der Waals surface area contributed by atoms with Gasteiger partial charge in [-0.05, 0) is 49.8 Å². The fraction of sp³-hybridized carbons (Fsp3) is 0.333. The van der Waals surface area contributed by atoms with Crippen LogP contribution in [0.3, 0.4) is 0 Å². The van der Waals surface area contributed by atoms with E-state index in [4.69, 9.17) is 0 Å². The molecule has 114 valence electrons. The Hall–Kier alpha value is -1.94. The first-order valence-electron chi connectivity index (χ1n) is 7.56. The molecule has 0 unspecified atom stereocenters. The fourth-order valence-corrected chi connectivity index (χ4v) is 4.13. The summed E-state index contributed by atoms with van der Waals surface area (Å²) in [5, 5.41) is 4.88. The van der Waals surface area contributed by atoms with Gasteiger partial charge in [-0.3, -0.25) is 9.59 Å². The molecule has 0 saturated heterocycles. The zero-order valence-electron chi connectivity index (χ0n) is 12.8. The van der Waals surface area contributed by atoms with Gasteiger partial charge in [-0.15, -0.1) is 11.3 Å². The largest absolute Gasteiger partial charge is 0.322 e. The van der Waals surface area contributed by atoms with Gasteiger partial charge in [0.1, 0.15) is 0 Å². The van der Waals surface area contributed by atoms with Crippen molar-refractivity contribution in [1.29, 1.82) is 0 Å². The van der Waals surface area contributed by atoms with Gasteiger partial charge in [-0.2, -0.15) is 0 Å². The Kier molecular flexibility index (Phi) is 4.12. The molecule has 1 aromatic carbocycles. The lowest BCUT2D eigenvalue weighted by Gasteiger charge is -2.18. The minimum Gasteiger partial charge on any atom is -0.322 e. The van der Waals surface area contributed by atoms with Crippen molar-refractivity contribution in [2.45, 2.75) is 33.1 Å². The third-order valence-corrected chi connectivity index (χ3v) is 5.22. The minimum atomic E-state index is -0.0762. The lowest BCUT2D eigenvalue weighted by atomic mass is 9.88. The molecular weight excluding hydrogens is 294 g/mol. The van der Waals surface area contributed by atoms with E-state index in [0.29, 0.717) is 17.2 Å².